The first kappa shape index (κ1) is 14.4. The largest absolute Gasteiger partial charge is 0.354 e. The van der Waals surface area contributed by atoms with Crippen LogP contribution >= 0.6 is 0 Å². The Bertz CT molecular complexity index is 611. The van der Waals surface area contributed by atoms with Gasteiger partial charge in [-0.3, -0.25) is 4.79 Å². The van der Waals surface area contributed by atoms with Crippen LogP contribution < -0.4 is 5.32 Å². The summed E-state index contributed by atoms with van der Waals surface area (Å²) in [4.78, 5) is 12.2. The van der Waals surface area contributed by atoms with Gasteiger partial charge < -0.3 is 14.8 Å². The first-order valence-corrected chi connectivity index (χ1v) is 6.18. The zero-order chi connectivity index (χ0) is 14.5. The number of ether oxygens (including phenoxy) is 2. The molecule has 0 spiro atoms. The zero-order valence-electron chi connectivity index (χ0n) is 11.4. The van der Waals surface area contributed by atoms with Crippen LogP contribution in [0.25, 0.3) is 10.8 Å². The SMILES string of the molecule is COC(CNC(=O)c1ccc(F)c2ccccc12)OC. The van der Waals surface area contributed by atoms with Crippen LogP contribution in [0.2, 0.25) is 0 Å². The number of fused-ring (bicyclic) bond motifs is 1. The van der Waals surface area contributed by atoms with Gasteiger partial charge in [-0.25, -0.2) is 4.39 Å². The lowest BCUT2D eigenvalue weighted by atomic mass is 10.0. The van der Waals surface area contributed by atoms with Crippen molar-refractivity contribution in [1.29, 1.82) is 0 Å². The predicted molar refractivity (Wildman–Crippen MR) is 74.0 cm³/mol. The zero-order valence-corrected chi connectivity index (χ0v) is 11.4. The van der Waals surface area contributed by atoms with Crippen LogP contribution in [0.1, 0.15) is 10.4 Å². The van der Waals surface area contributed by atoms with Crippen LogP contribution in [-0.4, -0.2) is 33.0 Å². The van der Waals surface area contributed by atoms with Gasteiger partial charge in [-0.1, -0.05) is 24.3 Å². The maximum absolute atomic E-state index is 13.7. The Kier molecular flexibility index (Phi) is 4.65. The molecule has 106 valence electrons. The van der Waals surface area contributed by atoms with Gasteiger partial charge in [0.25, 0.3) is 5.91 Å². The number of carbonyl (C=O) groups is 1. The first-order chi connectivity index (χ1) is 9.67. The summed E-state index contributed by atoms with van der Waals surface area (Å²) in [5, 5.41) is 3.71. The number of hydrogen-bond donors (Lipinski definition) is 1. The number of carbonyl (C=O) groups excluding carboxylic acids is 1. The quantitative estimate of drug-likeness (QED) is 0.853. The average Bonchev–Trinajstić information content (AvgIpc) is 2.48. The summed E-state index contributed by atoms with van der Waals surface area (Å²) < 4.78 is 23.7. The lowest BCUT2D eigenvalue weighted by Gasteiger charge is -2.14. The van der Waals surface area contributed by atoms with Crippen molar-refractivity contribution in [2.45, 2.75) is 6.29 Å². The molecule has 0 atom stereocenters. The highest BCUT2D eigenvalue weighted by Crippen LogP contribution is 2.21. The van der Waals surface area contributed by atoms with Crippen LogP contribution in [0.5, 0.6) is 0 Å². The maximum atomic E-state index is 13.7. The fourth-order valence-corrected chi connectivity index (χ4v) is 1.99. The van der Waals surface area contributed by atoms with E-state index in [1.807, 2.05) is 0 Å². The minimum Gasteiger partial charge on any atom is -0.354 e. The van der Waals surface area contributed by atoms with E-state index < -0.39 is 6.29 Å². The van der Waals surface area contributed by atoms with Crippen LogP contribution in [0.4, 0.5) is 4.39 Å². The molecule has 0 fully saturated rings. The molecule has 0 bridgehead atoms. The third kappa shape index (κ3) is 2.95. The molecule has 1 N–H and O–H groups in total. The van der Waals surface area contributed by atoms with Crippen molar-refractivity contribution in [3.63, 3.8) is 0 Å². The third-order valence-corrected chi connectivity index (χ3v) is 3.07. The van der Waals surface area contributed by atoms with Crippen molar-refractivity contribution in [3.8, 4) is 0 Å². The third-order valence-electron chi connectivity index (χ3n) is 3.07. The summed E-state index contributed by atoms with van der Waals surface area (Å²) >= 11 is 0. The van der Waals surface area contributed by atoms with Crippen LogP contribution in [0, 0.1) is 5.82 Å². The lowest BCUT2D eigenvalue weighted by molar-refractivity contribution is -0.0974. The standard InChI is InChI=1S/C15H16FNO3/c1-19-14(20-2)9-17-15(18)12-7-8-13(16)11-6-4-3-5-10(11)12/h3-8,14H,9H2,1-2H3,(H,17,18). The molecule has 0 aliphatic carbocycles. The highest BCUT2D eigenvalue weighted by Gasteiger charge is 2.14. The second-order valence-corrected chi connectivity index (χ2v) is 4.25. The van der Waals surface area contributed by atoms with E-state index in [0.29, 0.717) is 16.3 Å². The number of halogens is 1. The number of hydrogen-bond acceptors (Lipinski definition) is 3. The van der Waals surface area contributed by atoms with Crippen LogP contribution in [-0.2, 0) is 9.47 Å². The van der Waals surface area contributed by atoms with Gasteiger partial charge in [-0.15, -0.1) is 0 Å². The molecule has 0 aliphatic rings. The number of amides is 1. The van der Waals surface area contributed by atoms with Gasteiger partial charge in [-0.05, 0) is 17.5 Å². The molecule has 0 aromatic heterocycles. The Hall–Kier alpha value is -1.98. The molecule has 2 aromatic rings. The molecule has 0 heterocycles. The molecule has 4 nitrogen and oxygen atoms in total. The van der Waals surface area contributed by atoms with Crippen molar-refractivity contribution in [3.05, 3.63) is 47.8 Å². The summed E-state index contributed by atoms with van der Waals surface area (Å²) in [5.74, 6) is -0.635. The molecule has 20 heavy (non-hydrogen) atoms. The van der Waals surface area contributed by atoms with Gasteiger partial charge in [0.1, 0.15) is 5.82 Å². The molecule has 0 unspecified atom stereocenters. The van der Waals surface area contributed by atoms with Gasteiger partial charge in [0.2, 0.25) is 0 Å². The monoisotopic (exact) mass is 277 g/mol. The van der Waals surface area contributed by atoms with Crippen molar-refractivity contribution in [2.75, 3.05) is 20.8 Å². The van der Waals surface area contributed by atoms with E-state index in [9.17, 15) is 9.18 Å². The number of nitrogens with one attached hydrogen (secondary N) is 1. The Morgan fingerprint density at radius 2 is 1.80 bits per heavy atom. The van der Waals surface area contributed by atoms with Crippen molar-refractivity contribution in [2.24, 2.45) is 0 Å². The Labute approximate surface area is 116 Å². The number of benzene rings is 2. The number of methoxy groups -OCH3 is 2. The molecular formula is C15H16FNO3. The fraction of sp³-hybridized carbons (Fsp3) is 0.267. The molecule has 0 radical (unpaired) electrons. The van der Waals surface area contributed by atoms with E-state index in [0.717, 1.165) is 0 Å². The highest BCUT2D eigenvalue weighted by molar-refractivity contribution is 6.07. The molecule has 0 saturated heterocycles. The molecular weight excluding hydrogens is 261 g/mol. The summed E-state index contributed by atoms with van der Waals surface area (Å²) in [6, 6.07) is 9.64. The molecule has 2 aromatic carbocycles. The Morgan fingerprint density at radius 1 is 1.15 bits per heavy atom. The van der Waals surface area contributed by atoms with Crippen LogP contribution in [0.3, 0.4) is 0 Å². The van der Waals surface area contributed by atoms with Crippen molar-refractivity contribution < 1.29 is 18.7 Å². The minimum atomic E-state index is -0.509. The lowest BCUT2D eigenvalue weighted by Crippen LogP contribution is -2.34. The van der Waals surface area contributed by atoms with Gasteiger partial charge in [0, 0.05) is 25.2 Å². The minimum absolute atomic E-state index is 0.220. The normalized spacial score (nSPS) is 11.0. The van der Waals surface area contributed by atoms with E-state index in [-0.39, 0.29) is 18.3 Å². The Morgan fingerprint density at radius 3 is 2.45 bits per heavy atom. The second-order valence-electron chi connectivity index (χ2n) is 4.25. The topological polar surface area (TPSA) is 47.6 Å². The molecule has 2 rings (SSSR count). The van der Waals surface area contributed by atoms with Gasteiger partial charge >= 0.3 is 0 Å². The maximum Gasteiger partial charge on any atom is 0.252 e. The van der Waals surface area contributed by atoms with Gasteiger partial charge in [-0.2, -0.15) is 0 Å². The Balaban J connectivity index is 2.25. The smallest absolute Gasteiger partial charge is 0.252 e. The van der Waals surface area contributed by atoms with Gasteiger partial charge in [0.15, 0.2) is 6.29 Å². The van der Waals surface area contributed by atoms with Gasteiger partial charge in [0.05, 0.1) is 6.54 Å². The fourth-order valence-electron chi connectivity index (χ4n) is 1.99. The molecule has 5 heteroatoms. The first-order valence-electron chi connectivity index (χ1n) is 6.18. The van der Waals surface area contributed by atoms with E-state index in [2.05, 4.69) is 5.32 Å². The van der Waals surface area contributed by atoms with Crippen LogP contribution in [0.15, 0.2) is 36.4 Å². The predicted octanol–water partition coefficient (Wildman–Crippen LogP) is 2.33. The van der Waals surface area contributed by atoms with Crippen molar-refractivity contribution >= 4 is 16.7 Å². The van der Waals surface area contributed by atoms with E-state index in [4.69, 9.17) is 9.47 Å². The highest BCUT2D eigenvalue weighted by atomic mass is 19.1. The number of rotatable bonds is 5. The van der Waals surface area contributed by atoms with E-state index >= 15 is 0 Å². The summed E-state index contributed by atoms with van der Waals surface area (Å²) in [5.41, 5.74) is 0.424. The summed E-state index contributed by atoms with van der Waals surface area (Å²) in [6.45, 7) is 0.220. The molecule has 0 aliphatic heterocycles. The average molecular weight is 277 g/mol. The summed E-state index contributed by atoms with van der Waals surface area (Å²) in [6.07, 6.45) is -0.509. The second kappa shape index (κ2) is 6.45. The van der Waals surface area contributed by atoms with E-state index in [1.165, 1.54) is 26.4 Å². The summed E-state index contributed by atoms with van der Waals surface area (Å²) in [7, 11) is 2.99. The van der Waals surface area contributed by atoms with Crippen molar-refractivity contribution in [1.82, 2.24) is 5.32 Å². The van der Waals surface area contributed by atoms with E-state index in [1.54, 1.807) is 24.3 Å². The molecule has 0 saturated carbocycles. The molecule has 1 amide bonds.